The normalized spacial score (nSPS) is 10.0. The zero-order chi connectivity index (χ0) is 15.6. The molecule has 0 atom stereocenters. The first-order chi connectivity index (χ1) is 9.54. The molecule has 0 aliphatic carbocycles. The second-order valence-electron chi connectivity index (χ2n) is 4.47. The zero-order valence-electron chi connectivity index (χ0n) is 13.0. The third-order valence-corrected chi connectivity index (χ3v) is 2.47. The van der Waals surface area contributed by atoms with Crippen LogP contribution in [0, 0.1) is 0 Å². The molecule has 0 unspecified atom stereocenters. The Morgan fingerprint density at radius 1 is 0.762 bits per heavy atom. The number of hydrogen-bond donors (Lipinski definition) is 2. The van der Waals surface area contributed by atoms with Crippen molar-refractivity contribution >= 4 is 11.9 Å². The quantitative estimate of drug-likeness (QED) is 0.455. The molecule has 0 aromatic rings. The van der Waals surface area contributed by atoms with Crippen molar-refractivity contribution in [3.05, 3.63) is 24.3 Å². The average molecular weight is 343 g/mol. The van der Waals surface area contributed by atoms with Crippen LogP contribution < -0.4 is 0 Å². The van der Waals surface area contributed by atoms with Crippen molar-refractivity contribution in [1.82, 2.24) is 0 Å². The van der Waals surface area contributed by atoms with E-state index in [2.05, 4.69) is 13.8 Å². The molecular weight excluding hydrogens is 315 g/mol. The summed E-state index contributed by atoms with van der Waals surface area (Å²) < 4.78 is 0. The van der Waals surface area contributed by atoms with Gasteiger partial charge in [-0.05, 0) is 25.7 Å². The van der Waals surface area contributed by atoms with Crippen LogP contribution in [-0.4, -0.2) is 22.2 Å². The number of aliphatic carboxylic acids is 2. The molecule has 0 amide bonds. The van der Waals surface area contributed by atoms with Gasteiger partial charge in [0.05, 0.1) is 0 Å². The summed E-state index contributed by atoms with van der Waals surface area (Å²) in [6.07, 6.45) is 14.5. The molecule has 4 nitrogen and oxygen atoms in total. The third-order valence-electron chi connectivity index (χ3n) is 2.47. The summed E-state index contributed by atoms with van der Waals surface area (Å²) in [5, 5.41) is 16.4. The Labute approximate surface area is 138 Å². The van der Waals surface area contributed by atoms with Gasteiger partial charge in [-0.3, -0.25) is 0 Å². The maximum Gasteiger partial charge on any atom is 0.327 e. The van der Waals surface area contributed by atoms with Crippen LogP contribution in [0.4, 0.5) is 0 Å². The Balaban J connectivity index is -0.000000295. The molecule has 21 heavy (non-hydrogen) atoms. The molecule has 0 aliphatic heterocycles. The molecule has 0 spiro atoms. The number of carbonyl (C=O) groups is 2. The summed E-state index contributed by atoms with van der Waals surface area (Å²) >= 11 is 0. The second-order valence-corrected chi connectivity index (χ2v) is 4.47. The van der Waals surface area contributed by atoms with Crippen LogP contribution in [0.25, 0.3) is 0 Å². The Morgan fingerprint density at radius 3 is 1.33 bits per heavy atom. The van der Waals surface area contributed by atoms with Gasteiger partial charge in [-0.15, -0.1) is 0 Å². The molecule has 0 aliphatic rings. The van der Waals surface area contributed by atoms with E-state index < -0.39 is 11.9 Å². The van der Waals surface area contributed by atoms with Crippen molar-refractivity contribution in [3.63, 3.8) is 0 Å². The maximum atomic E-state index is 9.95. The number of hydrogen-bond acceptors (Lipinski definition) is 2. The van der Waals surface area contributed by atoms with Gasteiger partial charge in [-0.2, -0.15) is 0 Å². The molecule has 0 saturated carbocycles. The SMILES string of the molecule is CCCCC/C=C/C(=O)O.CCCCC/C=C/C(=O)O.[Co]. The van der Waals surface area contributed by atoms with E-state index in [0.717, 1.165) is 25.7 Å². The van der Waals surface area contributed by atoms with E-state index in [4.69, 9.17) is 10.2 Å². The average Bonchev–Trinajstić information content (AvgIpc) is 2.38. The van der Waals surface area contributed by atoms with Crippen LogP contribution in [0.1, 0.15) is 65.2 Å². The van der Waals surface area contributed by atoms with Crippen molar-refractivity contribution in [2.45, 2.75) is 65.2 Å². The monoisotopic (exact) mass is 343 g/mol. The summed E-state index contributed by atoms with van der Waals surface area (Å²) in [4.78, 5) is 19.9. The van der Waals surface area contributed by atoms with E-state index in [1.165, 1.54) is 37.8 Å². The second kappa shape index (κ2) is 21.2. The Bertz CT molecular complexity index is 269. The van der Waals surface area contributed by atoms with Crippen molar-refractivity contribution in [2.75, 3.05) is 0 Å². The first-order valence-corrected chi connectivity index (χ1v) is 7.33. The summed E-state index contributed by atoms with van der Waals surface area (Å²) in [6, 6.07) is 0. The summed E-state index contributed by atoms with van der Waals surface area (Å²) in [7, 11) is 0. The van der Waals surface area contributed by atoms with Gasteiger partial charge in [0.1, 0.15) is 0 Å². The van der Waals surface area contributed by atoms with E-state index in [1.807, 2.05) is 0 Å². The van der Waals surface area contributed by atoms with Gasteiger partial charge in [0, 0.05) is 28.9 Å². The molecule has 2 N–H and O–H groups in total. The molecule has 0 fully saturated rings. The number of carboxylic acid groups (broad SMARTS) is 2. The molecular formula is C16H28CoO4. The van der Waals surface area contributed by atoms with Crippen molar-refractivity contribution in [3.8, 4) is 0 Å². The number of carboxylic acids is 2. The molecule has 5 heteroatoms. The van der Waals surface area contributed by atoms with Crippen LogP contribution in [0.15, 0.2) is 24.3 Å². The summed E-state index contributed by atoms with van der Waals surface area (Å²) in [5.74, 6) is -1.70. The van der Waals surface area contributed by atoms with E-state index >= 15 is 0 Å². The fraction of sp³-hybridized carbons (Fsp3) is 0.625. The fourth-order valence-electron chi connectivity index (χ4n) is 1.39. The molecule has 0 saturated heterocycles. The zero-order valence-corrected chi connectivity index (χ0v) is 14.1. The molecule has 0 heterocycles. The van der Waals surface area contributed by atoms with E-state index in [0.29, 0.717) is 0 Å². The Hall–Kier alpha value is -1.07. The number of rotatable bonds is 10. The minimum atomic E-state index is -0.850. The third kappa shape index (κ3) is 32.5. The van der Waals surface area contributed by atoms with Gasteiger partial charge in [0.25, 0.3) is 0 Å². The summed E-state index contributed by atoms with van der Waals surface area (Å²) in [6.45, 7) is 4.25. The van der Waals surface area contributed by atoms with E-state index in [-0.39, 0.29) is 16.8 Å². The number of unbranched alkanes of at least 4 members (excludes halogenated alkanes) is 6. The van der Waals surface area contributed by atoms with Gasteiger partial charge >= 0.3 is 11.9 Å². The van der Waals surface area contributed by atoms with Gasteiger partial charge in [0.15, 0.2) is 0 Å². The largest absolute Gasteiger partial charge is 0.478 e. The van der Waals surface area contributed by atoms with Crippen LogP contribution in [0.2, 0.25) is 0 Å². The van der Waals surface area contributed by atoms with E-state index in [9.17, 15) is 9.59 Å². The molecule has 0 rings (SSSR count). The van der Waals surface area contributed by atoms with Crippen LogP contribution >= 0.6 is 0 Å². The number of allylic oxidation sites excluding steroid dienone is 2. The van der Waals surface area contributed by atoms with Crippen LogP contribution in [-0.2, 0) is 26.4 Å². The fourth-order valence-corrected chi connectivity index (χ4v) is 1.39. The molecule has 0 bridgehead atoms. The Morgan fingerprint density at radius 2 is 1.10 bits per heavy atom. The molecule has 1 radical (unpaired) electrons. The van der Waals surface area contributed by atoms with Gasteiger partial charge in [-0.1, -0.05) is 51.7 Å². The minimum absolute atomic E-state index is 0. The summed E-state index contributed by atoms with van der Waals surface area (Å²) in [5.41, 5.74) is 0. The molecule has 0 aromatic carbocycles. The van der Waals surface area contributed by atoms with Gasteiger partial charge in [-0.25, -0.2) is 9.59 Å². The van der Waals surface area contributed by atoms with Gasteiger partial charge < -0.3 is 10.2 Å². The first kappa shape index (κ1) is 24.9. The molecule has 0 aromatic heterocycles. The Kier molecular flexibility index (Phi) is 25.2. The predicted octanol–water partition coefficient (Wildman–Crippen LogP) is 4.41. The predicted molar refractivity (Wildman–Crippen MR) is 81.8 cm³/mol. The van der Waals surface area contributed by atoms with Crippen molar-refractivity contribution in [2.24, 2.45) is 0 Å². The van der Waals surface area contributed by atoms with Crippen molar-refractivity contribution in [1.29, 1.82) is 0 Å². The maximum absolute atomic E-state index is 9.95. The van der Waals surface area contributed by atoms with Crippen molar-refractivity contribution < 1.29 is 36.6 Å². The first-order valence-electron chi connectivity index (χ1n) is 7.33. The van der Waals surface area contributed by atoms with Gasteiger partial charge in [0.2, 0.25) is 0 Å². The smallest absolute Gasteiger partial charge is 0.327 e. The van der Waals surface area contributed by atoms with E-state index in [1.54, 1.807) is 12.2 Å². The standard InChI is InChI=1S/2C8H14O2.Co/c2*1-2-3-4-5-6-7-8(9)10;/h2*6-7H,2-5H2,1H3,(H,9,10);/b2*7-6+;. The topological polar surface area (TPSA) is 74.6 Å². The van der Waals surface area contributed by atoms with Crippen LogP contribution in [0.5, 0.6) is 0 Å². The molecule has 125 valence electrons. The minimum Gasteiger partial charge on any atom is -0.478 e. The van der Waals surface area contributed by atoms with Crippen LogP contribution in [0.3, 0.4) is 0 Å².